The van der Waals surface area contributed by atoms with E-state index >= 15 is 0 Å². The third kappa shape index (κ3) is 4.71. The number of hydrogen-bond acceptors (Lipinski definition) is 3. The average molecular weight is 418 g/mol. The van der Waals surface area contributed by atoms with E-state index < -0.39 is 0 Å². The molecule has 1 unspecified atom stereocenters. The molecule has 2 aromatic carbocycles. The lowest BCUT2D eigenvalue weighted by Gasteiger charge is -2.40. The van der Waals surface area contributed by atoms with E-state index in [1.54, 1.807) is 12.1 Å². The van der Waals surface area contributed by atoms with E-state index in [9.17, 15) is 14.3 Å². The smallest absolute Gasteiger partial charge is 0.162 e. The number of aliphatic hydroxyl groups excluding tert-OH is 1. The molecule has 1 fully saturated rings. The molecule has 5 heteroatoms. The Morgan fingerprint density at radius 3 is 2.48 bits per heavy atom. The van der Waals surface area contributed by atoms with Crippen LogP contribution in [-0.2, 0) is 6.42 Å². The molecule has 0 bridgehead atoms. The first kappa shape index (κ1) is 21.9. The molecule has 0 saturated heterocycles. The van der Waals surface area contributed by atoms with Gasteiger partial charge in [0.25, 0.3) is 0 Å². The summed E-state index contributed by atoms with van der Waals surface area (Å²) in [5.41, 5.74) is 3.02. The Kier molecular flexibility index (Phi) is 7.10. The zero-order chi connectivity index (χ0) is 19.6. The van der Waals surface area contributed by atoms with Crippen molar-refractivity contribution in [1.29, 1.82) is 0 Å². The van der Waals surface area contributed by atoms with Crippen LogP contribution in [0.4, 0.5) is 4.39 Å². The highest BCUT2D eigenvalue weighted by Gasteiger charge is 2.46. The summed E-state index contributed by atoms with van der Waals surface area (Å²) >= 11 is 0. The number of ketones is 1. The van der Waals surface area contributed by atoms with Crippen molar-refractivity contribution >= 4 is 18.2 Å². The zero-order valence-electron chi connectivity index (χ0n) is 16.6. The molecule has 1 atom stereocenters. The van der Waals surface area contributed by atoms with Gasteiger partial charge in [-0.05, 0) is 80.5 Å². The van der Waals surface area contributed by atoms with Crippen molar-refractivity contribution in [3.05, 3.63) is 71.0 Å². The molecule has 29 heavy (non-hydrogen) atoms. The summed E-state index contributed by atoms with van der Waals surface area (Å²) in [7, 11) is 0. The molecule has 2 aromatic rings. The number of halogens is 2. The second kappa shape index (κ2) is 9.38. The van der Waals surface area contributed by atoms with Gasteiger partial charge in [0.1, 0.15) is 5.82 Å². The first-order chi connectivity index (χ1) is 13.6. The van der Waals surface area contributed by atoms with E-state index in [1.807, 2.05) is 6.07 Å². The maximum atomic E-state index is 12.9. The van der Waals surface area contributed by atoms with Crippen LogP contribution in [0.25, 0.3) is 0 Å². The normalized spacial score (nSPS) is 25.4. The highest BCUT2D eigenvalue weighted by Crippen LogP contribution is 2.53. The first-order valence-corrected chi connectivity index (χ1v) is 10.4. The second-order valence-corrected chi connectivity index (χ2v) is 8.40. The van der Waals surface area contributed by atoms with Gasteiger partial charge in [0.05, 0.1) is 6.10 Å². The summed E-state index contributed by atoms with van der Waals surface area (Å²) in [5, 5.41) is 14.4. The number of fused-ring (bicyclic) bond motifs is 1. The largest absolute Gasteiger partial charge is 0.388 e. The number of Topliss-reactive ketones (excluding diaryl/α,β-unsaturated/α-hetero) is 1. The van der Waals surface area contributed by atoms with Crippen molar-refractivity contribution in [3.63, 3.8) is 0 Å². The van der Waals surface area contributed by atoms with Crippen LogP contribution in [0.15, 0.2) is 48.5 Å². The van der Waals surface area contributed by atoms with Gasteiger partial charge in [0, 0.05) is 23.4 Å². The molecular weight excluding hydrogens is 389 g/mol. The summed E-state index contributed by atoms with van der Waals surface area (Å²) in [6.07, 6.45) is 6.12. The Morgan fingerprint density at radius 1 is 1.10 bits per heavy atom. The fourth-order valence-electron chi connectivity index (χ4n) is 4.95. The van der Waals surface area contributed by atoms with Gasteiger partial charge in [-0.15, -0.1) is 12.4 Å². The molecule has 4 rings (SSSR count). The molecule has 2 N–H and O–H groups in total. The minimum atomic E-state index is -0.335. The predicted molar refractivity (Wildman–Crippen MR) is 115 cm³/mol. The van der Waals surface area contributed by atoms with Crippen LogP contribution in [0.3, 0.4) is 0 Å². The van der Waals surface area contributed by atoms with Crippen molar-refractivity contribution in [3.8, 4) is 0 Å². The van der Waals surface area contributed by atoms with Crippen LogP contribution in [0, 0.1) is 11.2 Å². The number of nitrogens with one attached hydrogen (secondary N) is 1. The fourth-order valence-corrected chi connectivity index (χ4v) is 4.95. The molecule has 0 radical (unpaired) electrons. The summed E-state index contributed by atoms with van der Waals surface area (Å²) < 4.78 is 12.9. The van der Waals surface area contributed by atoms with Crippen molar-refractivity contribution < 1.29 is 14.3 Å². The van der Waals surface area contributed by atoms with Crippen molar-refractivity contribution in [2.75, 3.05) is 6.54 Å². The van der Waals surface area contributed by atoms with Crippen molar-refractivity contribution in [2.45, 2.75) is 57.1 Å². The summed E-state index contributed by atoms with van der Waals surface area (Å²) in [4.78, 5) is 12.1. The van der Waals surface area contributed by atoms with Gasteiger partial charge >= 0.3 is 0 Å². The predicted octanol–water partition coefficient (Wildman–Crippen LogP) is 5.02. The first-order valence-electron chi connectivity index (χ1n) is 10.4. The van der Waals surface area contributed by atoms with Gasteiger partial charge in [-0.3, -0.25) is 4.79 Å². The maximum Gasteiger partial charge on any atom is 0.162 e. The number of hydrogen-bond donors (Lipinski definition) is 2. The van der Waals surface area contributed by atoms with Crippen LogP contribution in [0.5, 0.6) is 0 Å². The zero-order valence-corrected chi connectivity index (χ0v) is 17.4. The molecule has 0 heterocycles. The number of aliphatic hydroxyl groups is 1. The lowest BCUT2D eigenvalue weighted by Crippen LogP contribution is -2.40. The molecular formula is C24H29ClFNO2. The van der Waals surface area contributed by atoms with Crippen molar-refractivity contribution in [2.24, 2.45) is 5.41 Å². The fraction of sp³-hybridized carbons (Fsp3) is 0.458. The Bertz CT molecular complexity index is 831. The molecule has 1 spiro atoms. The number of rotatable bonds is 6. The third-order valence-corrected chi connectivity index (χ3v) is 6.63. The highest BCUT2D eigenvalue weighted by molar-refractivity contribution is 5.95. The Hall–Kier alpha value is -1.75. The van der Waals surface area contributed by atoms with Gasteiger partial charge in [-0.1, -0.05) is 24.3 Å². The van der Waals surface area contributed by atoms with E-state index in [0.29, 0.717) is 18.0 Å². The second-order valence-electron chi connectivity index (χ2n) is 8.40. The third-order valence-electron chi connectivity index (χ3n) is 6.63. The molecule has 2 aliphatic rings. The Balaban J connectivity index is 0.00000240. The highest BCUT2D eigenvalue weighted by atomic mass is 35.5. The topological polar surface area (TPSA) is 49.3 Å². The number of carbonyl (C=O) groups is 1. The molecule has 156 valence electrons. The van der Waals surface area contributed by atoms with E-state index in [0.717, 1.165) is 50.6 Å². The number of carbonyl (C=O) groups excluding carboxylic acids is 1. The van der Waals surface area contributed by atoms with E-state index in [4.69, 9.17) is 0 Å². The van der Waals surface area contributed by atoms with E-state index in [2.05, 4.69) is 23.5 Å². The van der Waals surface area contributed by atoms with Crippen LogP contribution in [-0.4, -0.2) is 23.5 Å². The van der Waals surface area contributed by atoms with Gasteiger partial charge < -0.3 is 10.4 Å². The van der Waals surface area contributed by atoms with Crippen LogP contribution >= 0.6 is 12.4 Å². The Morgan fingerprint density at radius 2 is 1.79 bits per heavy atom. The average Bonchev–Trinajstić information content (AvgIpc) is 2.99. The Labute approximate surface area is 178 Å². The van der Waals surface area contributed by atoms with Crippen molar-refractivity contribution in [1.82, 2.24) is 5.32 Å². The number of benzene rings is 2. The molecule has 2 aliphatic carbocycles. The van der Waals surface area contributed by atoms with Crippen LogP contribution in [0.1, 0.15) is 66.1 Å². The monoisotopic (exact) mass is 417 g/mol. The van der Waals surface area contributed by atoms with Gasteiger partial charge in [0.2, 0.25) is 0 Å². The minimum absolute atomic E-state index is 0. The quantitative estimate of drug-likeness (QED) is 0.512. The maximum absolute atomic E-state index is 12.9. The van der Waals surface area contributed by atoms with Gasteiger partial charge in [-0.2, -0.15) is 0 Å². The molecule has 0 aromatic heterocycles. The van der Waals surface area contributed by atoms with Gasteiger partial charge in [-0.25, -0.2) is 4.39 Å². The molecule has 0 amide bonds. The van der Waals surface area contributed by atoms with Crippen LogP contribution in [0.2, 0.25) is 0 Å². The summed E-state index contributed by atoms with van der Waals surface area (Å²) in [5.74, 6) is -0.250. The SMILES string of the molecule is Cl.O=C(CCCNC1CCC2(CC1)Cc1ccccc1C2O)c1ccc(F)cc1. The van der Waals surface area contributed by atoms with E-state index in [1.165, 1.54) is 17.7 Å². The lowest BCUT2D eigenvalue weighted by atomic mass is 9.69. The minimum Gasteiger partial charge on any atom is -0.388 e. The van der Waals surface area contributed by atoms with Gasteiger partial charge in [0.15, 0.2) is 5.78 Å². The molecule has 3 nitrogen and oxygen atoms in total. The van der Waals surface area contributed by atoms with Crippen LogP contribution < -0.4 is 5.32 Å². The lowest BCUT2D eigenvalue weighted by molar-refractivity contribution is 0.00344. The standard InChI is InChI=1S/C24H28FNO2.ClH/c25-19-9-7-17(8-10-19)22(27)6-3-15-26-20-11-13-24(14-12-20)16-18-4-1-2-5-21(18)23(24)28;/h1-2,4-5,7-10,20,23,26,28H,3,6,11-16H2;1H. The summed E-state index contributed by atoms with van der Waals surface area (Å²) in [6.45, 7) is 0.813. The summed E-state index contributed by atoms with van der Waals surface area (Å²) in [6, 6.07) is 14.5. The molecule has 0 aliphatic heterocycles. The van der Waals surface area contributed by atoms with E-state index in [-0.39, 0.29) is 35.5 Å². The molecule has 1 saturated carbocycles.